The molecule has 0 atom stereocenters. The van der Waals surface area contributed by atoms with E-state index in [0.717, 1.165) is 5.75 Å². The number of benzene rings is 2. The van der Waals surface area contributed by atoms with E-state index in [1.807, 2.05) is 0 Å². The van der Waals surface area contributed by atoms with Crippen molar-refractivity contribution in [2.45, 2.75) is 5.75 Å². The van der Waals surface area contributed by atoms with Gasteiger partial charge in [-0.15, -0.1) is 0 Å². The highest BCUT2D eigenvalue weighted by Crippen LogP contribution is 2.18. The van der Waals surface area contributed by atoms with Gasteiger partial charge in [-0.25, -0.2) is 13.1 Å². The first-order chi connectivity index (χ1) is 11.0. The third-order valence-corrected chi connectivity index (χ3v) is 4.76. The highest BCUT2D eigenvalue weighted by atomic mass is 35.5. The topological polar surface area (TPSA) is 64.6 Å². The number of nitrogens with one attached hydrogen (secondary N) is 1. The van der Waals surface area contributed by atoms with Gasteiger partial charge in [0.2, 0.25) is 10.0 Å². The zero-order chi connectivity index (χ0) is 16.7. The summed E-state index contributed by atoms with van der Waals surface area (Å²) in [5.74, 6) is 1.23. The van der Waals surface area contributed by atoms with Crippen molar-refractivity contribution < 1.29 is 17.9 Å². The van der Waals surface area contributed by atoms with Crippen molar-refractivity contribution in [1.82, 2.24) is 4.72 Å². The normalized spacial score (nSPS) is 11.2. The van der Waals surface area contributed by atoms with Crippen LogP contribution in [0.25, 0.3) is 0 Å². The SMILES string of the molecule is COc1ccc(OCCNS(=O)(=O)Cc2ccccc2Cl)cc1. The van der Waals surface area contributed by atoms with Crippen LogP contribution >= 0.6 is 11.6 Å². The summed E-state index contributed by atoms with van der Waals surface area (Å²) in [5, 5.41) is 0.437. The molecule has 0 saturated heterocycles. The van der Waals surface area contributed by atoms with E-state index in [1.54, 1.807) is 55.6 Å². The fourth-order valence-corrected chi connectivity index (χ4v) is 3.35. The van der Waals surface area contributed by atoms with Gasteiger partial charge in [-0.3, -0.25) is 0 Å². The Balaban J connectivity index is 1.79. The van der Waals surface area contributed by atoms with Gasteiger partial charge in [-0.1, -0.05) is 29.8 Å². The predicted molar refractivity (Wildman–Crippen MR) is 90.6 cm³/mol. The fourth-order valence-electron chi connectivity index (χ4n) is 1.91. The third kappa shape index (κ3) is 5.74. The summed E-state index contributed by atoms with van der Waals surface area (Å²) < 4.78 is 37.0. The molecular formula is C16H18ClNO4S. The van der Waals surface area contributed by atoms with Crippen molar-refractivity contribution in [3.05, 3.63) is 59.1 Å². The maximum atomic E-state index is 12.0. The Bertz CT molecular complexity index is 732. The largest absolute Gasteiger partial charge is 0.497 e. The maximum Gasteiger partial charge on any atom is 0.215 e. The van der Waals surface area contributed by atoms with Gasteiger partial charge in [-0.2, -0.15) is 0 Å². The number of hydrogen-bond acceptors (Lipinski definition) is 4. The van der Waals surface area contributed by atoms with Crippen molar-refractivity contribution in [2.24, 2.45) is 0 Å². The van der Waals surface area contributed by atoms with E-state index in [-0.39, 0.29) is 18.9 Å². The van der Waals surface area contributed by atoms with Crippen LogP contribution in [0.5, 0.6) is 11.5 Å². The molecule has 0 aromatic heterocycles. The Morgan fingerprint density at radius 2 is 1.70 bits per heavy atom. The van der Waals surface area contributed by atoms with Crippen LogP contribution in [-0.2, 0) is 15.8 Å². The molecule has 0 aliphatic rings. The van der Waals surface area contributed by atoms with Gasteiger partial charge in [0.15, 0.2) is 0 Å². The number of ether oxygens (including phenoxy) is 2. The molecule has 0 heterocycles. The number of halogens is 1. The van der Waals surface area contributed by atoms with Crippen LogP contribution in [0.3, 0.4) is 0 Å². The number of sulfonamides is 1. The second-order valence-electron chi connectivity index (χ2n) is 4.77. The lowest BCUT2D eigenvalue weighted by atomic mass is 10.2. The van der Waals surface area contributed by atoms with E-state index in [9.17, 15) is 8.42 Å². The Morgan fingerprint density at radius 1 is 1.04 bits per heavy atom. The van der Waals surface area contributed by atoms with Crippen molar-refractivity contribution in [1.29, 1.82) is 0 Å². The molecular weight excluding hydrogens is 338 g/mol. The Kier molecular flexibility index (Phi) is 6.27. The van der Waals surface area contributed by atoms with Crippen molar-refractivity contribution in [3.8, 4) is 11.5 Å². The molecule has 2 aromatic carbocycles. The fraction of sp³-hybridized carbons (Fsp3) is 0.250. The zero-order valence-electron chi connectivity index (χ0n) is 12.7. The van der Waals surface area contributed by atoms with Gasteiger partial charge in [0, 0.05) is 11.6 Å². The first kappa shape index (κ1) is 17.6. The van der Waals surface area contributed by atoms with E-state index in [1.165, 1.54) is 0 Å². The van der Waals surface area contributed by atoms with Crippen LogP contribution in [0.15, 0.2) is 48.5 Å². The summed E-state index contributed by atoms with van der Waals surface area (Å²) in [7, 11) is -1.87. The molecule has 124 valence electrons. The van der Waals surface area contributed by atoms with Gasteiger partial charge in [0.1, 0.15) is 18.1 Å². The average Bonchev–Trinajstić information content (AvgIpc) is 2.54. The van der Waals surface area contributed by atoms with Crippen LogP contribution < -0.4 is 14.2 Å². The Morgan fingerprint density at radius 3 is 2.35 bits per heavy atom. The van der Waals surface area contributed by atoms with Gasteiger partial charge < -0.3 is 9.47 Å². The van der Waals surface area contributed by atoms with Crippen LogP contribution in [0.4, 0.5) is 0 Å². The Labute approximate surface area is 141 Å². The van der Waals surface area contributed by atoms with E-state index in [2.05, 4.69) is 4.72 Å². The summed E-state index contributed by atoms with van der Waals surface area (Å²) >= 11 is 5.97. The molecule has 0 unspecified atom stereocenters. The molecule has 23 heavy (non-hydrogen) atoms. The summed E-state index contributed by atoms with van der Waals surface area (Å²) in [6.07, 6.45) is 0. The average molecular weight is 356 g/mol. The molecule has 2 rings (SSSR count). The first-order valence-corrected chi connectivity index (χ1v) is 9.01. The maximum absolute atomic E-state index is 12.0. The van der Waals surface area contributed by atoms with Crippen LogP contribution in [-0.4, -0.2) is 28.7 Å². The summed E-state index contributed by atoms with van der Waals surface area (Å²) in [5.41, 5.74) is 0.567. The smallest absolute Gasteiger partial charge is 0.215 e. The molecule has 1 N–H and O–H groups in total. The zero-order valence-corrected chi connectivity index (χ0v) is 14.2. The van der Waals surface area contributed by atoms with Gasteiger partial charge >= 0.3 is 0 Å². The summed E-state index contributed by atoms with van der Waals surface area (Å²) in [4.78, 5) is 0. The quantitative estimate of drug-likeness (QED) is 0.739. The highest BCUT2D eigenvalue weighted by Gasteiger charge is 2.13. The van der Waals surface area contributed by atoms with Gasteiger partial charge in [0.25, 0.3) is 0 Å². The van der Waals surface area contributed by atoms with Crippen molar-refractivity contribution in [3.63, 3.8) is 0 Å². The van der Waals surface area contributed by atoms with E-state index in [4.69, 9.17) is 21.1 Å². The molecule has 0 amide bonds. The lowest BCUT2D eigenvalue weighted by Gasteiger charge is -2.09. The molecule has 5 nitrogen and oxygen atoms in total. The van der Waals surface area contributed by atoms with Crippen molar-refractivity contribution in [2.75, 3.05) is 20.3 Å². The first-order valence-electron chi connectivity index (χ1n) is 6.98. The minimum atomic E-state index is -3.46. The third-order valence-electron chi connectivity index (χ3n) is 3.06. The molecule has 0 bridgehead atoms. The predicted octanol–water partition coefficient (Wildman–Crippen LogP) is 2.85. The van der Waals surface area contributed by atoms with E-state index < -0.39 is 10.0 Å². The van der Waals surface area contributed by atoms with E-state index in [0.29, 0.717) is 16.3 Å². The molecule has 0 spiro atoms. The molecule has 0 aliphatic heterocycles. The lowest BCUT2D eigenvalue weighted by molar-refractivity contribution is 0.322. The lowest BCUT2D eigenvalue weighted by Crippen LogP contribution is -2.29. The summed E-state index contributed by atoms with van der Waals surface area (Å²) in [6, 6.07) is 13.9. The monoisotopic (exact) mass is 355 g/mol. The second-order valence-corrected chi connectivity index (χ2v) is 6.98. The van der Waals surface area contributed by atoms with E-state index >= 15 is 0 Å². The second kappa shape index (κ2) is 8.19. The van der Waals surface area contributed by atoms with Crippen LogP contribution in [0, 0.1) is 0 Å². The standard InChI is InChI=1S/C16H18ClNO4S/c1-21-14-6-8-15(9-7-14)22-11-10-18-23(19,20)12-13-4-2-3-5-16(13)17/h2-9,18H,10-12H2,1H3. The number of methoxy groups -OCH3 is 1. The molecule has 7 heteroatoms. The minimum absolute atomic E-state index is 0.158. The molecule has 0 saturated carbocycles. The minimum Gasteiger partial charge on any atom is -0.497 e. The van der Waals surface area contributed by atoms with Crippen LogP contribution in [0.1, 0.15) is 5.56 Å². The molecule has 0 aliphatic carbocycles. The summed E-state index contributed by atoms with van der Waals surface area (Å²) in [6.45, 7) is 0.410. The van der Waals surface area contributed by atoms with Gasteiger partial charge in [0.05, 0.1) is 12.9 Å². The molecule has 2 aromatic rings. The number of rotatable bonds is 8. The molecule has 0 radical (unpaired) electrons. The number of hydrogen-bond donors (Lipinski definition) is 1. The molecule has 0 fully saturated rings. The highest BCUT2D eigenvalue weighted by molar-refractivity contribution is 7.88. The van der Waals surface area contributed by atoms with Gasteiger partial charge in [-0.05, 0) is 35.9 Å². The van der Waals surface area contributed by atoms with Crippen LogP contribution in [0.2, 0.25) is 5.02 Å². The van der Waals surface area contributed by atoms with Crippen molar-refractivity contribution >= 4 is 21.6 Å². The Hall–Kier alpha value is -1.76.